The zero-order chi connectivity index (χ0) is 10.1. The smallest absolute Gasteiger partial charge is 0.0830 e. The molecule has 1 fully saturated rings. The summed E-state index contributed by atoms with van der Waals surface area (Å²) in [5, 5.41) is 9.01. The highest BCUT2D eigenvalue weighted by molar-refractivity contribution is 4.89. The van der Waals surface area contributed by atoms with Gasteiger partial charge in [0.05, 0.1) is 18.8 Å². The van der Waals surface area contributed by atoms with Gasteiger partial charge in [0.1, 0.15) is 0 Å². The summed E-state index contributed by atoms with van der Waals surface area (Å²) in [6.45, 7) is 10.8. The Balaban J connectivity index is 2.12. The van der Waals surface area contributed by atoms with Gasteiger partial charge in [0.2, 0.25) is 0 Å². The average molecular weight is 187 g/mol. The van der Waals surface area contributed by atoms with Crippen LogP contribution in [0.1, 0.15) is 27.7 Å². The molecule has 1 saturated heterocycles. The van der Waals surface area contributed by atoms with Gasteiger partial charge in [-0.25, -0.2) is 0 Å². The first-order chi connectivity index (χ1) is 5.89. The van der Waals surface area contributed by atoms with Gasteiger partial charge in [-0.1, -0.05) is 0 Å². The van der Waals surface area contributed by atoms with E-state index in [-0.39, 0.29) is 11.6 Å². The van der Waals surface area contributed by atoms with Crippen molar-refractivity contribution >= 4 is 0 Å². The Morgan fingerprint density at radius 1 is 1.46 bits per heavy atom. The Morgan fingerprint density at radius 3 is 2.38 bits per heavy atom. The standard InChI is InChI=1S/C10H21NO2/c1-8(12)7-13-9-5-11(6-9)10(2,3)4/h8-9,12H,5-7H2,1-4H3. The number of nitrogens with zero attached hydrogens (tertiary/aromatic N) is 1. The van der Waals surface area contributed by atoms with Crippen LogP contribution in [0.5, 0.6) is 0 Å². The normalized spacial score (nSPS) is 22.8. The summed E-state index contributed by atoms with van der Waals surface area (Å²) in [7, 11) is 0. The second kappa shape index (κ2) is 3.95. The third kappa shape index (κ3) is 3.25. The molecule has 0 aromatic rings. The fraction of sp³-hybridized carbons (Fsp3) is 1.00. The molecule has 0 aromatic carbocycles. The molecule has 0 aromatic heterocycles. The maximum Gasteiger partial charge on any atom is 0.0830 e. The van der Waals surface area contributed by atoms with Crippen LogP contribution in [0.3, 0.4) is 0 Å². The minimum atomic E-state index is -0.344. The number of rotatable bonds is 3. The maximum atomic E-state index is 9.01. The van der Waals surface area contributed by atoms with Crippen molar-refractivity contribution in [1.82, 2.24) is 4.90 Å². The van der Waals surface area contributed by atoms with E-state index in [1.165, 1.54) is 0 Å². The molecule has 0 spiro atoms. The van der Waals surface area contributed by atoms with Crippen molar-refractivity contribution in [3.63, 3.8) is 0 Å². The van der Waals surface area contributed by atoms with Crippen LogP contribution < -0.4 is 0 Å². The molecule has 78 valence electrons. The lowest BCUT2D eigenvalue weighted by Gasteiger charge is -2.47. The van der Waals surface area contributed by atoms with Gasteiger partial charge < -0.3 is 9.84 Å². The van der Waals surface area contributed by atoms with Crippen LogP contribution in [0.15, 0.2) is 0 Å². The van der Waals surface area contributed by atoms with Crippen molar-refractivity contribution in [3.8, 4) is 0 Å². The van der Waals surface area contributed by atoms with E-state index in [0.29, 0.717) is 12.7 Å². The topological polar surface area (TPSA) is 32.7 Å². The van der Waals surface area contributed by atoms with E-state index in [4.69, 9.17) is 9.84 Å². The van der Waals surface area contributed by atoms with Crippen molar-refractivity contribution in [2.45, 2.75) is 45.4 Å². The number of aliphatic hydroxyl groups is 1. The molecule has 0 aliphatic carbocycles. The van der Waals surface area contributed by atoms with Crippen molar-refractivity contribution in [2.24, 2.45) is 0 Å². The van der Waals surface area contributed by atoms with Crippen LogP contribution in [0.25, 0.3) is 0 Å². The largest absolute Gasteiger partial charge is 0.391 e. The van der Waals surface area contributed by atoms with Crippen LogP contribution >= 0.6 is 0 Å². The molecule has 1 heterocycles. The molecule has 1 aliphatic rings. The van der Waals surface area contributed by atoms with Gasteiger partial charge in [0.15, 0.2) is 0 Å². The first-order valence-electron chi connectivity index (χ1n) is 4.94. The molecule has 1 aliphatic heterocycles. The molecule has 1 unspecified atom stereocenters. The van der Waals surface area contributed by atoms with Crippen LogP contribution in [0.4, 0.5) is 0 Å². The molecule has 0 saturated carbocycles. The Morgan fingerprint density at radius 2 is 2.00 bits per heavy atom. The summed E-state index contributed by atoms with van der Waals surface area (Å²) in [5.74, 6) is 0. The van der Waals surface area contributed by atoms with Crippen LogP contribution in [0.2, 0.25) is 0 Å². The Bertz CT molecular complexity index is 157. The first-order valence-corrected chi connectivity index (χ1v) is 4.94. The molecule has 3 nitrogen and oxygen atoms in total. The summed E-state index contributed by atoms with van der Waals surface area (Å²) in [6.07, 6.45) is -0.0162. The molecular formula is C10H21NO2. The SMILES string of the molecule is CC(O)COC1CN(C(C)(C)C)C1. The lowest BCUT2D eigenvalue weighted by Crippen LogP contribution is -2.59. The highest BCUT2D eigenvalue weighted by Crippen LogP contribution is 2.22. The molecule has 0 bridgehead atoms. The average Bonchev–Trinajstić information content (AvgIpc) is 1.79. The highest BCUT2D eigenvalue weighted by atomic mass is 16.5. The van der Waals surface area contributed by atoms with Gasteiger partial charge in [-0.15, -0.1) is 0 Å². The molecule has 0 radical (unpaired) electrons. The monoisotopic (exact) mass is 187 g/mol. The van der Waals surface area contributed by atoms with E-state index >= 15 is 0 Å². The Kier molecular flexibility index (Phi) is 3.33. The maximum absolute atomic E-state index is 9.01. The highest BCUT2D eigenvalue weighted by Gasteiger charge is 2.34. The molecule has 1 rings (SSSR count). The van der Waals surface area contributed by atoms with Crippen LogP contribution in [0, 0.1) is 0 Å². The number of ether oxygens (including phenoxy) is 1. The fourth-order valence-electron chi connectivity index (χ4n) is 1.37. The lowest BCUT2D eigenvalue weighted by molar-refractivity contribution is -0.104. The predicted molar refractivity (Wildman–Crippen MR) is 52.7 cm³/mol. The van der Waals surface area contributed by atoms with Crippen LogP contribution in [-0.2, 0) is 4.74 Å². The predicted octanol–water partition coefficient (Wildman–Crippen LogP) is 0.866. The Hall–Kier alpha value is -0.120. The van der Waals surface area contributed by atoms with Gasteiger partial charge in [-0.05, 0) is 27.7 Å². The number of likely N-dealkylation sites (tertiary alicyclic amines) is 1. The molecule has 1 atom stereocenters. The van der Waals surface area contributed by atoms with E-state index in [0.717, 1.165) is 13.1 Å². The summed E-state index contributed by atoms with van der Waals surface area (Å²) in [6, 6.07) is 0. The van der Waals surface area contributed by atoms with Crippen molar-refractivity contribution in [3.05, 3.63) is 0 Å². The summed E-state index contributed by atoms with van der Waals surface area (Å²) in [5.41, 5.74) is 0.255. The second-order valence-electron chi connectivity index (χ2n) is 4.88. The van der Waals surface area contributed by atoms with E-state index in [9.17, 15) is 0 Å². The van der Waals surface area contributed by atoms with E-state index in [1.54, 1.807) is 6.92 Å². The third-order valence-electron chi connectivity index (χ3n) is 2.37. The minimum Gasteiger partial charge on any atom is -0.391 e. The summed E-state index contributed by atoms with van der Waals surface area (Å²) in [4.78, 5) is 2.37. The summed E-state index contributed by atoms with van der Waals surface area (Å²) < 4.78 is 5.47. The van der Waals surface area contributed by atoms with Gasteiger partial charge in [0.25, 0.3) is 0 Å². The Labute approximate surface area is 80.7 Å². The first kappa shape index (κ1) is 11.0. The molecule has 1 N–H and O–H groups in total. The minimum absolute atomic E-state index is 0.255. The van der Waals surface area contributed by atoms with E-state index < -0.39 is 0 Å². The van der Waals surface area contributed by atoms with E-state index in [2.05, 4.69) is 25.7 Å². The fourth-order valence-corrected chi connectivity index (χ4v) is 1.37. The molecule has 13 heavy (non-hydrogen) atoms. The van der Waals surface area contributed by atoms with Gasteiger partial charge in [0, 0.05) is 18.6 Å². The number of hydrogen-bond donors (Lipinski definition) is 1. The second-order valence-corrected chi connectivity index (χ2v) is 4.88. The number of hydrogen-bond acceptors (Lipinski definition) is 3. The van der Waals surface area contributed by atoms with Crippen molar-refractivity contribution < 1.29 is 9.84 Å². The molecule has 3 heteroatoms. The van der Waals surface area contributed by atoms with Crippen molar-refractivity contribution in [2.75, 3.05) is 19.7 Å². The van der Waals surface area contributed by atoms with Gasteiger partial charge in [-0.3, -0.25) is 4.90 Å². The van der Waals surface area contributed by atoms with E-state index in [1.807, 2.05) is 0 Å². The summed E-state index contributed by atoms with van der Waals surface area (Å²) >= 11 is 0. The zero-order valence-corrected chi connectivity index (χ0v) is 9.08. The van der Waals surface area contributed by atoms with Gasteiger partial charge >= 0.3 is 0 Å². The quantitative estimate of drug-likeness (QED) is 0.711. The zero-order valence-electron chi connectivity index (χ0n) is 9.08. The van der Waals surface area contributed by atoms with Crippen LogP contribution in [-0.4, -0.2) is 47.4 Å². The number of aliphatic hydroxyl groups excluding tert-OH is 1. The molecule has 0 amide bonds. The van der Waals surface area contributed by atoms with Crippen molar-refractivity contribution in [1.29, 1.82) is 0 Å². The lowest BCUT2D eigenvalue weighted by atomic mass is 9.99. The molecular weight excluding hydrogens is 166 g/mol. The third-order valence-corrected chi connectivity index (χ3v) is 2.37. The van der Waals surface area contributed by atoms with Gasteiger partial charge in [-0.2, -0.15) is 0 Å².